The molecule has 0 aliphatic heterocycles. The molecule has 3 aromatic carbocycles. The van der Waals surface area contributed by atoms with E-state index in [9.17, 15) is 13.2 Å². The van der Waals surface area contributed by atoms with Crippen LogP contribution in [0.15, 0.2) is 77.7 Å². The van der Waals surface area contributed by atoms with Crippen LogP contribution in [0.2, 0.25) is 0 Å². The maximum atomic E-state index is 13.0. The van der Waals surface area contributed by atoms with Gasteiger partial charge in [0, 0.05) is 12.2 Å². The van der Waals surface area contributed by atoms with E-state index in [4.69, 9.17) is 4.74 Å². The molecule has 33 heavy (non-hydrogen) atoms. The van der Waals surface area contributed by atoms with Crippen LogP contribution in [-0.2, 0) is 27.7 Å². The maximum Gasteiger partial charge on any atom is 0.264 e. The molecule has 0 unspecified atom stereocenters. The normalized spacial score (nSPS) is 11.1. The van der Waals surface area contributed by atoms with Crippen molar-refractivity contribution in [1.29, 1.82) is 0 Å². The van der Waals surface area contributed by atoms with E-state index in [-0.39, 0.29) is 24.0 Å². The van der Waals surface area contributed by atoms with E-state index in [0.29, 0.717) is 11.4 Å². The van der Waals surface area contributed by atoms with Gasteiger partial charge in [-0.2, -0.15) is 0 Å². The third-order valence-corrected chi connectivity index (χ3v) is 7.29. The zero-order chi connectivity index (χ0) is 23.8. The lowest BCUT2D eigenvalue weighted by Crippen LogP contribution is -2.30. The van der Waals surface area contributed by atoms with Gasteiger partial charge in [0.15, 0.2) is 6.61 Å². The van der Waals surface area contributed by atoms with E-state index < -0.39 is 10.0 Å². The van der Waals surface area contributed by atoms with Crippen LogP contribution < -0.4 is 14.4 Å². The summed E-state index contributed by atoms with van der Waals surface area (Å²) in [5.74, 6) is 0.248. The summed E-state index contributed by atoms with van der Waals surface area (Å²) in [5.41, 5.74) is 3.57. The second-order valence-electron chi connectivity index (χ2n) is 7.47. The number of anilines is 2. The fourth-order valence-electron chi connectivity index (χ4n) is 3.65. The molecule has 6 nitrogen and oxygen atoms in total. The zero-order valence-electron chi connectivity index (χ0n) is 19.2. The first-order chi connectivity index (χ1) is 15.9. The van der Waals surface area contributed by atoms with Gasteiger partial charge in [-0.1, -0.05) is 50.2 Å². The molecule has 0 saturated carbocycles. The molecule has 3 aromatic rings. The molecular formula is C26H30N2O4S. The summed E-state index contributed by atoms with van der Waals surface area (Å²) >= 11 is 0. The fraction of sp³-hybridized carbons (Fsp3) is 0.269. The van der Waals surface area contributed by atoms with Crippen LogP contribution in [0, 0.1) is 0 Å². The molecule has 0 atom stereocenters. The lowest BCUT2D eigenvalue weighted by molar-refractivity contribution is -0.118. The summed E-state index contributed by atoms with van der Waals surface area (Å²) in [7, 11) is -3.66. The third-order valence-electron chi connectivity index (χ3n) is 5.38. The van der Waals surface area contributed by atoms with Crippen LogP contribution in [0.25, 0.3) is 0 Å². The molecule has 1 amide bonds. The Bertz CT molecular complexity index is 1150. The number of carbonyl (C=O) groups excluding carboxylic acids is 1. The number of amides is 1. The molecule has 0 bridgehead atoms. The average Bonchev–Trinajstić information content (AvgIpc) is 2.84. The average molecular weight is 467 g/mol. The van der Waals surface area contributed by atoms with Gasteiger partial charge in [-0.3, -0.25) is 9.10 Å². The summed E-state index contributed by atoms with van der Waals surface area (Å²) in [6.07, 6.45) is 1.65. The van der Waals surface area contributed by atoms with Gasteiger partial charge in [0.05, 0.1) is 10.6 Å². The predicted octanol–water partition coefficient (Wildman–Crippen LogP) is 5.04. The molecule has 174 valence electrons. The van der Waals surface area contributed by atoms with E-state index in [2.05, 4.69) is 19.2 Å². The molecule has 0 radical (unpaired) electrons. The number of hydrogen-bond acceptors (Lipinski definition) is 4. The second-order valence-corrected chi connectivity index (χ2v) is 9.33. The standard InChI is InChI=1S/C26H30N2O4S/c1-4-20-11-10-12-21(5-2)26(20)27-25(29)19-32-23-17-15-22(16-18-23)28(6-3)33(30,31)24-13-8-7-9-14-24/h7-18H,4-6,19H2,1-3H3,(H,27,29). The molecular weight excluding hydrogens is 436 g/mol. The lowest BCUT2D eigenvalue weighted by Gasteiger charge is -2.23. The summed E-state index contributed by atoms with van der Waals surface area (Å²) in [4.78, 5) is 12.7. The van der Waals surface area contributed by atoms with Crippen molar-refractivity contribution in [2.75, 3.05) is 22.8 Å². The second kappa shape index (κ2) is 11.0. The van der Waals surface area contributed by atoms with Gasteiger partial charge in [0.1, 0.15) is 5.75 Å². The van der Waals surface area contributed by atoms with Crippen LogP contribution in [0.1, 0.15) is 31.9 Å². The smallest absolute Gasteiger partial charge is 0.264 e. The number of carbonyl (C=O) groups is 1. The van der Waals surface area contributed by atoms with Crippen molar-refractivity contribution in [3.05, 3.63) is 83.9 Å². The quantitative estimate of drug-likeness (QED) is 0.454. The van der Waals surface area contributed by atoms with E-state index in [1.165, 1.54) is 4.31 Å². The van der Waals surface area contributed by atoms with Gasteiger partial charge in [-0.25, -0.2) is 8.42 Å². The Hall–Kier alpha value is -3.32. The van der Waals surface area contributed by atoms with Gasteiger partial charge in [0.2, 0.25) is 0 Å². The molecule has 7 heteroatoms. The Labute approximate surface area is 196 Å². The van der Waals surface area contributed by atoms with Crippen molar-refractivity contribution in [3.8, 4) is 5.75 Å². The highest BCUT2D eigenvalue weighted by Crippen LogP contribution is 2.26. The van der Waals surface area contributed by atoms with Gasteiger partial charge in [-0.05, 0) is 67.3 Å². The van der Waals surface area contributed by atoms with Gasteiger partial charge >= 0.3 is 0 Å². The highest BCUT2D eigenvalue weighted by Gasteiger charge is 2.23. The van der Waals surface area contributed by atoms with Crippen molar-refractivity contribution < 1.29 is 17.9 Å². The van der Waals surface area contributed by atoms with E-state index in [1.54, 1.807) is 61.5 Å². The number of benzene rings is 3. The number of nitrogens with zero attached hydrogens (tertiary/aromatic N) is 1. The molecule has 3 rings (SSSR count). The molecule has 1 N–H and O–H groups in total. The zero-order valence-corrected chi connectivity index (χ0v) is 20.1. The fourth-order valence-corrected chi connectivity index (χ4v) is 5.14. The molecule has 0 spiro atoms. The SMILES string of the molecule is CCc1cccc(CC)c1NC(=O)COc1ccc(N(CC)S(=O)(=O)c2ccccc2)cc1. The summed E-state index contributed by atoms with van der Waals surface area (Å²) in [5, 5.41) is 2.98. The minimum atomic E-state index is -3.66. The van der Waals surface area contributed by atoms with E-state index in [0.717, 1.165) is 29.7 Å². The number of nitrogens with one attached hydrogen (secondary N) is 1. The highest BCUT2D eigenvalue weighted by atomic mass is 32.2. The Morgan fingerprint density at radius 1 is 0.848 bits per heavy atom. The van der Waals surface area contributed by atoms with Gasteiger partial charge in [0.25, 0.3) is 15.9 Å². The van der Waals surface area contributed by atoms with E-state index >= 15 is 0 Å². The first kappa shape index (κ1) is 24.3. The highest BCUT2D eigenvalue weighted by molar-refractivity contribution is 7.92. The monoisotopic (exact) mass is 466 g/mol. The number of aryl methyl sites for hydroxylation is 2. The molecule has 0 aromatic heterocycles. The van der Waals surface area contributed by atoms with Crippen molar-refractivity contribution in [3.63, 3.8) is 0 Å². The Morgan fingerprint density at radius 2 is 1.45 bits per heavy atom. The van der Waals surface area contributed by atoms with Gasteiger partial charge in [-0.15, -0.1) is 0 Å². The van der Waals surface area contributed by atoms with Crippen molar-refractivity contribution in [2.45, 2.75) is 38.5 Å². The number of rotatable bonds is 10. The number of ether oxygens (including phenoxy) is 1. The van der Waals surface area contributed by atoms with Crippen LogP contribution in [-0.4, -0.2) is 27.5 Å². The molecule has 0 heterocycles. The Balaban J connectivity index is 1.67. The van der Waals surface area contributed by atoms with Crippen molar-refractivity contribution in [1.82, 2.24) is 0 Å². The lowest BCUT2D eigenvalue weighted by atomic mass is 10.0. The topological polar surface area (TPSA) is 75.7 Å². The Kier molecular flexibility index (Phi) is 8.11. The third kappa shape index (κ3) is 5.73. The van der Waals surface area contributed by atoms with Crippen molar-refractivity contribution in [2.24, 2.45) is 0 Å². The van der Waals surface area contributed by atoms with Gasteiger partial charge < -0.3 is 10.1 Å². The summed E-state index contributed by atoms with van der Waals surface area (Å²) < 4.78 is 33.0. The number of para-hydroxylation sites is 1. The number of sulfonamides is 1. The van der Waals surface area contributed by atoms with E-state index in [1.807, 2.05) is 18.2 Å². The molecule has 0 fully saturated rings. The first-order valence-corrected chi connectivity index (χ1v) is 12.6. The predicted molar refractivity (Wildman–Crippen MR) is 132 cm³/mol. The largest absolute Gasteiger partial charge is 0.484 e. The summed E-state index contributed by atoms with van der Waals surface area (Å²) in [6, 6.07) is 21.1. The maximum absolute atomic E-state index is 13.0. The van der Waals surface area contributed by atoms with Crippen LogP contribution in [0.4, 0.5) is 11.4 Å². The minimum absolute atomic E-state index is 0.139. The van der Waals surface area contributed by atoms with Crippen molar-refractivity contribution >= 4 is 27.3 Å². The van der Waals surface area contributed by atoms with Crippen LogP contribution in [0.3, 0.4) is 0 Å². The molecule has 0 aliphatic carbocycles. The number of hydrogen-bond donors (Lipinski definition) is 1. The molecule has 0 saturated heterocycles. The van der Waals surface area contributed by atoms with Crippen LogP contribution >= 0.6 is 0 Å². The minimum Gasteiger partial charge on any atom is -0.484 e. The summed E-state index contributed by atoms with van der Waals surface area (Å²) in [6.45, 7) is 6.05. The molecule has 0 aliphatic rings. The van der Waals surface area contributed by atoms with Crippen LogP contribution in [0.5, 0.6) is 5.75 Å². The Morgan fingerprint density at radius 3 is 2.00 bits per heavy atom. The first-order valence-electron chi connectivity index (χ1n) is 11.1.